The molecule has 0 saturated heterocycles. The van der Waals surface area contributed by atoms with E-state index in [4.69, 9.17) is 27.9 Å². The number of thioether (sulfide) groups is 1. The van der Waals surface area contributed by atoms with Gasteiger partial charge in [-0.3, -0.25) is 4.79 Å². The number of hydrogen-bond acceptors (Lipinski definition) is 5. The zero-order valence-corrected chi connectivity index (χ0v) is 19.2. The number of ether oxygens (including phenoxy) is 1. The molecule has 1 amide bonds. The van der Waals surface area contributed by atoms with Gasteiger partial charge in [0.25, 0.3) is 0 Å². The van der Waals surface area contributed by atoms with E-state index in [0.29, 0.717) is 39.9 Å². The van der Waals surface area contributed by atoms with E-state index >= 15 is 0 Å². The number of rotatable bonds is 8. The summed E-state index contributed by atoms with van der Waals surface area (Å²) < 4.78 is 7.95. The minimum absolute atomic E-state index is 0.181. The first-order valence-electron chi connectivity index (χ1n) is 9.37. The highest BCUT2D eigenvalue weighted by Gasteiger charge is 2.15. The molecule has 6 nitrogen and oxygen atoms in total. The first kappa shape index (κ1) is 22.5. The molecular weight excluding hydrogens is 443 g/mol. The number of hydrogen-bond donors (Lipinski definition) is 1. The predicted octanol–water partition coefficient (Wildman–Crippen LogP) is 5.53. The molecule has 2 aromatic carbocycles. The number of benzene rings is 2. The molecule has 158 valence electrons. The van der Waals surface area contributed by atoms with E-state index in [9.17, 15) is 4.79 Å². The molecular formula is C21H22Cl2N4O2S. The molecule has 1 aromatic heterocycles. The van der Waals surface area contributed by atoms with Crippen LogP contribution in [0.3, 0.4) is 0 Å². The van der Waals surface area contributed by atoms with Gasteiger partial charge in [-0.05, 0) is 50.1 Å². The monoisotopic (exact) mass is 464 g/mol. The number of halogens is 2. The molecule has 0 atom stereocenters. The SMILES string of the molecule is CCn1c(COc2c(C)cccc2C)nnc1SCC(=O)Nc1cc(Cl)cc(Cl)c1. The van der Waals surface area contributed by atoms with Gasteiger partial charge in [-0.25, -0.2) is 0 Å². The molecule has 0 aliphatic carbocycles. The molecule has 0 radical (unpaired) electrons. The van der Waals surface area contributed by atoms with Crippen LogP contribution in [-0.4, -0.2) is 26.4 Å². The van der Waals surface area contributed by atoms with Crippen LogP contribution in [0.1, 0.15) is 23.9 Å². The Balaban J connectivity index is 1.62. The lowest BCUT2D eigenvalue weighted by Crippen LogP contribution is -2.15. The van der Waals surface area contributed by atoms with E-state index in [1.54, 1.807) is 18.2 Å². The van der Waals surface area contributed by atoms with E-state index < -0.39 is 0 Å². The summed E-state index contributed by atoms with van der Waals surface area (Å²) in [7, 11) is 0. The molecule has 30 heavy (non-hydrogen) atoms. The van der Waals surface area contributed by atoms with Crippen LogP contribution < -0.4 is 10.1 Å². The number of carbonyl (C=O) groups excluding carboxylic acids is 1. The number of carbonyl (C=O) groups is 1. The highest BCUT2D eigenvalue weighted by Crippen LogP contribution is 2.25. The van der Waals surface area contributed by atoms with E-state index in [1.165, 1.54) is 11.8 Å². The van der Waals surface area contributed by atoms with Crippen LogP contribution in [0.5, 0.6) is 5.75 Å². The normalized spacial score (nSPS) is 10.8. The number of para-hydroxylation sites is 1. The fourth-order valence-electron chi connectivity index (χ4n) is 2.97. The second-order valence-corrected chi connectivity index (χ2v) is 8.46. The van der Waals surface area contributed by atoms with Crippen LogP contribution in [0.15, 0.2) is 41.6 Å². The molecule has 3 aromatic rings. The van der Waals surface area contributed by atoms with Gasteiger partial charge in [0.1, 0.15) is 12.4 Å². The Labute approximate surface area is 189 Å². The molecule has 0 aliphatic rings. The lowest BCUT2D eigenvalue weighted by Gasteiger charge is -2.12. The van der Waals surface area contributed by atoms with Gasteiger partial charge in [0.2, 0.25) is 5.91 Å². The molecule has 0 spiro atoms. The minimum atomic E-state index is -0.183. The highest BCUT2D eigenvalue weighted by atomic mass is 35.5. The Morgan fingerprint density at radius 3 is 2.43 bits per heavy atom. The average molecular weight is 465 g/mol. The van der Waals surface area contributed by atoms with Gasteiger partial charge in [0, 0.05) is 22.3 Å². The summed E-state index contributed by atoms with van der Waals surface area (Å²) in [6, 6.07) is 10.9. The molecule has 0 saturated carbocycles. The Morgan fingerprint density at radius 1 is 1.13 bits per heavy atom. The maximum atomic E-state index is 12.3. The van der Waals surface area contributed by atoms with E-state index in [1.807, 2.05) is 43.5 Å². The summed E-state index contributed by atoms with van der Waals surface area (Å²) in [5.41, 5.74) is 2.70. The van der Waals surface area contributed by atoms with Gasteiger partial charge in [0.05, 0.1) is 5.75 Å². The summed E-state index contributed by atoms with van der Waals surface area (Å²) >= 11 is 13.2. The van der Waals surface area contributed by atoms with Crippen molar-refractivity contribution in [3.63, 3.8) is 0 Å². The minimum Gasteiger partial charge on any atom is -0.485 e. The smallest absolute Gasteiger partial charge is 0.234 e. The highest BCUT2D eigenvalue weighted by molar-refractivity contribution is 7.99. The summed E-state index contributed by atoms with van der Waals surface area (Å²) in [6.07, 6.45) is 0. The van der Waals surface area contributed by atoms with Gasteiger partial charge in [0.15, 0.2) is 11.0 Å². The second kappa shape index (κ2) is 10.2. The van der Waals surface area contributed by atoms with Crippen molar-refractivity contribution in [2.24, 2.45) is 0 Å². The van der Waals surface area contributed by atoms with Gasteiger partial charge < -0.3 is 14.6 Å². The largest absolute Gasteiger partial charge is 0.485 e. The van der Waals surface area contributed by atoms with Crippen molar-refractivity contribution in [3.05, 3.63) is 63.4 Å². The molecule has 1 heterocycles. The molecule has 0 bridgehead atoms. The maximum absolute atomic E-state index is 12.3. The van der Waals surface area contributed by atoms with Crippen LogP contribution in [0, 0.1) is 13.8 Å². The Morgan fingerprint density at radius 2 is 1.80 bits per heavy atom. The van der Waals surface area contributed by atoms with Gasteiger partial charge in [-0.1, -0.05) is 53.2 Å². The Kier molecular flexibility index (Phi) is 7.64. The number of nitrogens with one attached hydrogen (secondary N) is 1. The molecule has 9 heteroatoms. The van der Waals surface area contributed by atoms with Gasteiger partial charge >= 0.3 is 0 Å². The van der Waals surface area contributed by atoms with Crippen molar-refractivity contribution in [1.82, 2.24) is 14.8 Å². The summed E-state index contributed by atoms with van der Waals surface area (Å²) in [6.45, 7) is 7.01. The third-order valence-electron chi connectivity index (χ3n) is 4.34. The number of aromatic nitrogens is 3. The lowest BCUT2D eigenvalue weighted by molar-refractivity contribution is -0.113. The topological polar surface area (TPSA) is 69.0 Å². The first-order valence-corrected chi connectivity index (χ1v) is 11.1. The first-order chi connectivity index (χ1) is 14.4. The van der Waals surface area contributed by atoms with Crippen LogP contribution in [0.4, 0.5) is 5.69 Å². The zero-order valence-electron chi connectivity index (χ0n) is 16.9. The van der Waals surface area contributed by atoms with E-state index in [0.717, 1.165) is 16.9 Å². The van der Waals surface area contributed by atoms with Gasteiger partial charge in [-0.15, -0.1) is 10.2 Å². The summed E-state index contributed by atoms with van der Waals surface area (Å²) in [5.74, 6) is 1.57. The van der Waals surface area contributed by atoms with Crippen molar-refractivity contribution in [1.29, 1.82) is 0 Å². The van der Waals surface area contributed by atoms with Crippen molar-refractivity contribution in [3.8, 4) is 5.75 Å². The maximum Gasteiger partial charge on any atom is 0.234 e. The third-order valence-corrected chi connectivity index (χ3v) is 5.75. The third kappa shape index (κ3) is 5.68. The standard InChI is InChI=1S/C21H22Cl2N4O2S/c1-4-27-18(11-29-20-13(2)6-5-7-14(20)3)25-26-21(27)30-12-19(28)24-17-9-15(22)8-16(23)10-17/h5-10H,4,11-12H2,1-3H3,(H,24,28). The average Bonchev–Trinajstić information content (AvgIpc) is 3.07. The van der Waals surface area contributed by atoms with Crippen LogP contribution in [0.2, 0.25) is 10.0 Å². The fourth-order valence-corrected chi connectivity index (χ4v) is 4.31. The van der Waals surface area contributed by atoms with Crippen molar-refractivity contribution >= 4 is 46.6 Å². The van der Waals surface area contributed by atoms with E-state index in [2.05, 4.69) is 15.5 Å². The Hall–Kier alpha value is -2.22. The van der Waals surface area contributed by atoms with Crippen molar-refractivity contribution in [2.45, 2.75) is 39.1 Å². The summed E-state index contributed by atoms with van der Waals surface area (Å²) in [5, 5.41) is 12.8. The molecule has 0 unspecified atom stereocenters. The molecule has 0 aliphatic heterocycles. The zero-order chi connectivity index (χ0) is 21.7. The quantitative estimate of drug-likeness (QED) is 0.443. The molecule has 3 rings (SSSR count). The summed E-state index contributed by atoms with van der Waals surface area (Å²) in [4.78, 5) is 12.3. The van der Waals surface area contributed by atoms with Crippen LogP contribution in [0.25, 0.3) is 0 Å². The van der Waals surface area contributed by atoms with E-state index in [-0.39, 0.29) is 11.7 Å². The number of nitrogens with zero attached hydrogens (tertiary/aromatic N) is 3. The van der Waals surface area contributed by atoms with Crippen LogP contribution >= 0.6 is 35.0 Å². The molecule has 1 N–H and O–H groups in total. The number of aryl methyl sites for hydroxylation is 2. The Bertz CT molecular complexity index is 1010. The van der Waals surface area contributed by atoms with Crippen molar-refractivity contribution in [2.75, 3.05) is 11.1 Å². The second-order valence-electron chi connectivity index (χ2n) is 6.65. The number of amides is 1. The predicted molar refractivity (Wildman–Crippen MR) is 122 cm³/mol. The lowest BCUT2D eigenvalue weighted by atomic mass is 10.1. The number of anilines is 1. The van der Waals surface area contributed by atoms with Crippen molar-refractivity contribution < 1.29 is 9.53 Å². The van der Waals surface area contributed by atoms with Crippen LogP contribution in [-0.2, 0) is 17.9 Å². The molecule has 0 fully saturated rings. The van der Waals surface area contributed by atoms with Gasteiger partial charge in [-0.2, -0.15) is 0 Å². The fraction of sp³-hybridized carbons (Fsp3) is 0.286.